The van der Waals surface area contributed by atoms with Crippen LogP contribution in [-0.2, 0) is 6.18 Å². The Morgan fingerprint density at radius 2 is 0.871 bits per heavy atom. The van der Waals surface area contributed by atoms with Crippen molar-refractivity contribution in [3.05, 3.63) is 235 Å². The van der Waals surface area contributed by atoms with Gasteiger partial charge in [0.05, 0.1) is 68.9 Å². The molecule has 0 saturated heterocycles. The van der Waals surface area contributed by atoms with Crippen molar-refractivity contribution >= 4 is 137 Å². The number of benzene rings is 6. The van der Waals surface area contributed by atoms with E-state index in [1.165, 1.54) is 34.9 Å². The number of nitrogen functional groups attached to an aromatic ring is 3. The molecule has 12 aromatic heterocycles. The number of hydrogen-bond acceptors (Lipinski definition) is 30. The van der Waals surface area contributed by atoms with E-state index in [9.17, 15) is 31.4 Å². The largest absolute Gasteiger partial charge is 0.435 e. The number of aliphatic hydroxyl groups is 1. The number of fused-ring (bicyclic) bond motifs is 6. The number of rotatable bonds is 17. The molecule has 0 saturated carbocycles. The van der Waals surface area contributed by atoms with Crippen LogP contribution in [0.15, 0.2) is 201 Å². The highest BCUT2D eigenvalue weighted by atomic mass is 19.4. The van der Waals surface area contributed by atoms with Gasteiger partial charge < -0.3 is 53.6 Å². The molecule has 0 bridgehead atoms. The molecule has 0 radical (unpaired) electrons. The molecule has 0 spiro atoms. The summed E-state index contributed by atoms with van der Waals surface area (Å²) in [5.41, 5.74) is 24.7. The molecular weight excluding hydrogens is 1510 g/mol. The second kappa shape index (κ2) is 32.6. The number of hydrogen-bond donors (Lipinski definition) is 9. The molecule has 116 heavy (non-hydrogen) atoms. The van der Waals surface area contributed by atoms with Crippen molar-refractivity contribution in [3.8, 4) is 29.5 Å². The zero-order chi connectivity index (χ0) is 80.7. The Bertz CT molecular complexity index is 6630. The molecule has 0 atom stereocenters. The van der Waals surface area contributed by atoms with Gasteiger partial charge in [0.25, 0.3) is 0 Å². The van der Waals surface area contributed by atoms with Crippen LogP contribution >= 0.6 is 0 Å². The van der Waals surface area contributed by atoms with Crippen molar-refractivity contribution < 1.29 is 36.2 Å². The highest BCUT2D eigenvalue weighted by Gasteiger charge is 2.30. The maximum Gasteiger partial charge on any atom is 0.416 e. The minimum atomic E-state index is -4.44. The monoisotopic (exact) mass is 1570 g/mol. The zero-order valence-electron chi connectivity index (χ0n) is 61.1. The van der Waals surface area contributed by atoms with Gasteiger partial charge in [-0.25, -0.2) is 39.3 Å². The number of nitrogens with one attached hydrogen (secondary N) is 5. The Morgan fingerprint density at radius 1 is 0.405 bits per heavy atom. The van der Waals surface area contributed by atoms with E-state index in [1.807, 2.05) is 138 Å². The second-order valence-corrected chi connectivity index (χ2v) is 25.0. The first-order chi connectivity index (χ1) is 56.1. The van der Waals surface area contributed by atoms with E-state index in [2.05, 4.69) is 131 Å². The van der Waals surface area contributed by atoms with Crippen LogP contribution in [0.5, 0.6) is 5.75 Å². The minimum Gasteiger partial charge on any atom is -0.435 e. The van der Waals surface area contributed by atoms with Gasteiger partial charge in [0.15, 0.2) is 11.3 Å². The maximum absolute atomic E-state index is 13.6. The molecule has 0 fully saturated rings. The van der Waals surface area contributed by atoms with Gasteiger partial charge in [-0.05, 0) is 136 Å². The van der Waals surface area contributed by atoms with Crippen LogP contribution in [0.3, 0.4) is 0 Å². The van der Waals surface area contributed by atoms with Crippen LogP contribution in [0.2, 0.25) is 0 Å². The first kappa shape index (κ1) is 75.5. The molecule has 0 aliphatic rings. The lowest BCUT2D eigenvalue weighted by Crippen LogP contribution is -2.14. The molecule has 580 valence electrons. The number of aromatic nitrogens is 24. The van der Waals surface area contributed by atoms with E-state index in [0.29, 0.717) is 81.9 Å². The predicted molar refractivity (Wildman–Crippen MR) is 422 cm³/mol. The molecule has 18 rings (SSSR count). The van der Waals surface area contributed by atoms with Gasteiger partial charge in [0.1, 0.15) is 40.7 Å². The number of imidazole rings is 4. The number of nitrogens with two attached hydrogens (primary N) is 3. The highest BCUT2D eigenvalue weighted by molar-refractivity contribution is 5.85. The quantitative estimate of drug-likeness (QED) is 0.0382. The average molecular weight is 1570 g/mol. The summed E-state index contributed by atoms with van der Waals surface area (Å²) in [4.78, 5) is 86.3. The molecule has 0 aliphatic heterocycles. The van der Waals surface area contributed by atoms with Crippen molar-refractivity contribution in [2.75, 3.05) is 56.9 Å². The number of ether oxygens (including phenoxy) is 1. The third-order valence-corrected chi connectivity index (χ3v) is 17.0. The van der Waals surface area contributed by atoms with Crippen LogP contribution in [0.4, 0.5) is 96.8 Å². The topological polar surface area (TPSA) is 445 Å². The molecule has 0 aliphatic carbocycles. The zero-order valence-corrected chi connectivity index (χ0v) is 61.1. The van der Waals surface area contributed by atoms with Gasteiger partial charge >= 0.3 is 12.8 Å². The maximum atomic E-state index is 13.6. The Hall–Kier alpha value is -15.9. The van der Waals surface area contributed by atoms with Gasteiger partial charge in [0, 0.05) is 47.2 Å². The summed E-state index contributed by atoms with van der Waals surface area (Å²) < 4.78 is 87.4. The van der Waals surface area contributed by atoms with E-state index in [4.69, 9.17) is 17.2 Å². The number of aliphatic hydroxyl groups excluding tert-OH is 1. The highest BCUT2D eigenvalue weighted by Crippen LogP contribution is 2.32. The standard InChI is InChI=1S/C22H20N8O.C20H16N8.C17H12F4N8.C17H14F2N8O/c1-14-25-18-8-4-5-9-19(18)30(14)22-28-20(23-10-11-31)27-21(29-22)26-16-12-15-6-2-3-7-17(15)24-13-16;1-12-23-15-8-4-5-9-16(15)28(12)20-26-18(21)25-19(27-20)24-17-10-13-6-2-3-7-14(13)11-22-17;1-8-24-13-12(6-10(18)7-23-13)29(8)16-27-14(22)26-15(28-16)25-11-4-2-9(3-5-11)17(19,20)21;1-9-22-13-12(3-2-8-21-13)27(9)17-25-15(20)24-16(26-17)23-10-4-6-11(7-5-10)28-14(18)19/h2-9,12-13,31H,10-11H2,1H3,(H2,23,26,27,28,29);2-11H,1H3,(H3,21,22,24,25,26,27);2-7H,1H3,(H3,22,25,26,27,28);2-8,14H,1H3,(H3,20,23,24,25,26). The Morgan fingerprint density at radius 3 is 1.45 bits per heavy atom. The molecule has 0 unspecified atom stereocenters. The molecule has 12 N–H and O–H groups in total. The van der Waals surface area contributed by atoms with Gasteiger partial charge in [-0.3, -0.25) is 23.3 Å². The third kappa shape index (κ3) is 17.2. The first-order valence-corrected chi connectivity index (χ1v) is 34.9. The first-order valence-electron chi connectivity index (χ1n) is 34.9. The molecule has 12 heterocycles. The summed E-state index contributed by atoms with van der Waals surface area (Å²) in [6, 6.07) is 50.5. The van der Waals surface area contributed by atoms with Gasteiger partial charge in [-0.15, -0.1) is 0 Å². The smallest absolute Gasteiger partial charge is 0.416 e. The molecular formula is C76H62F6N32O2. The fourth-order valence-corrected chi connectivity index (χ4v) is 12.0. The second-order valence-electron chi connectivity index (χ2n) is 25.0. The van der Waals surface area contributed by atoms with Crippen molar-refractivity contribution in [3.63, 3.8) is 0 Å². The predicted octanol–water partition coefficient (Wildman–Crippen LogP) is 12.8. The molecule has 0 amide bonds. The van der Waals surface area contributed by atoms with Crippen LogP contribution in [-0.4, -0.2) is 143 Å². The van der Waals surface area contributed by atoms with Crippen LogP contribution in [0.1, 0.15) is 28.9 Å². The summed E-state index contributed by atoms with van der Waals surface area (Å²) >= 11 is 0. The number of alkyl halides is 5. The lowest BCUT2D eigenvalue weighted by atomic mass is 10.2. The summed E-state index contributed by atoms with van der Waals surface area (Å²) in [6.07, 6.45) is 1.79. The lowest BCUT2D eigenvalue weighted by Gasteiger charge is -2.12. The number of pyridine rings is 4. The van der Waals surface area contributed by atoms with E-state index in [1.54, 1.807) is 55.2 Å². The summed E-state index contributed by atoms with van der Waals surface area (Å²) in [5.74, 6) is 5.08. The fourth-order valence-electron chi connectivity index (χ4n) is 12.0. The number of halogens is 6. The van der Waals surface area contributed by atoms with Gasteiger partial charge in [-0.1, -0.05) is 66.7 Å². The Balaban J connectivity index is 0.000000122. The number of aryl methyl sites for hydroxylation is 4. The molecule has 40 heteroatoms. The normalized spacial score (nSPS) is 11.3. The van der Waals surface area contributed by atoms with E-state index < -0.39 is 24.2 Å². The molecule has 18 aromatic rings. The number of nitrogens with zero attached hydrogens (tertiary/aromatic N) is 24. The van der Waals surface area contributed by atoms with Crippen LogP contribution in [0, 0.1) is 33.5 Å². The number of anilines is 12. The third-order valence-electron chi connectivity index (χ3n) is 17.0. The van der Waals surface area contributed by atoms with Crippen molar-refractivity contribution in [2.24, 2.45) is 0 Å². The SMILES string of the molecule is Cc1nc2ccccc2n1-c1nc(N)nc(Nc2cc3ccccc3cn2)n1.Cc1nc2ccccc2n1-c1nc(NCCO)nc(Nc2cnc3ccccc3c2)n1.Cc1nc2ncc(F)cc2n1-c1nc(N)nc(Nc2ccc(C(F)(F)F)cc2)n1.Cc1nc2ncccc2n1-c1nc(N)nc(Nc2ccc(OC(F)F)cc2)n1. The average Bonchev–Trinajstić information content (AvgIpc) is 1.65. The summed E-state index contributed by atoms with van der Waals surface area (Å²) in [6.45, 7) is 4.67. The van der Waals surface area contributed by atoms with Crippen LogP contribution < -0.4 is 48.5 Å². The minimum absolute atomic E-state index is 0.00197. The molecule has 6 aromatic carbocycles. The van der Waals surface area contributed by atoms with Gasteiger partial charge in [-0.2, -0.15) is 81.8 Å². The van der Waals surface area contributed by atoms with Crippen molar-refractivity contribution in [1.29, 1.82) is 0 Å². The van der Waals surface area contributed by atoms with Crippen LogP contribution in [0.25, 0.3) is 89.9 Å². The van der Waals surface area contributed by atoms with E-state index in [-0.39, 0.29) is 54.0 Å². The Kier molecular flexibility index (Phi) is 21.2. The summed E-state index contributed by atoms with van der Waals surface area (Å²) in [5, 5.41) is 27.4. The number of para-hydroxylation sites is 5. The lowest BCUT2D eigenvalue weighted by molar-refractivity contribution is -0.137. The Labute approximate surface area is 650 Å². The summed E-state index contributed by atoms with van der Waals surface area (Å²) in [7, 11) is 0. The van der Waals surface area contributed by atoms with E-state index >= 15 is 0 Å². The van der Waals surface area contributed by atoms with E-state index in [0.717, 1.165) is 84.9 Å². The molecule has 34 nitrogen and oxygen atoms in total. The van der Waals surface area contributed by atoms with Crippen molar-refractivity contribution in [1.82, 2.24) is 118 Å². The van der Waals surface area contributed by atoms with Gasteiger partial charge in [0.2, 0.25) is 71.4 Å². The van der Waals surface area contributed by atoms with Crippen molar-refractivity contribution in [2.45, 2.75) is 40.5 Å². The fraction of sp³-hybridized carbons (Fsp3) is 0.105.